The number of hydroxylamine groups is 4. The molecule has 2 rings (SSSR count). The predicted octanol–water partition coefficient (Wildman–Crippen LogP) is 1.14. The summed E-state index contributed by atoms with van der Waals surface area (Å²) in [6.07, 6.45) is 1.49. The molecule has 0 aliphatic carbocycles. The minimum absolute atomic E-state index is 0.0663. The minimum atomic E-state index is -0.622. The number of hydrogen-bond donors (Lipinski definition) is 0. The average Bonchev–Trinajstić information content (AvgIpc) is 3.14. The maximum Gasteiger partial charge on any atom is 0.333 e. The Morgan fingerprint density at radius 2 is 1.00 bits per heavy atom. The van der Waals surface area contributed by atoms with Gasteiger partial charge >= 0.3 is 11.9 Å². The van der Waals surface area contributed by atoms with Gasteiger partial charge in [-0.3, -0.25) is 19.2 Å². The number of carbonyl (C=O) groups is 6. The highest BCUT2D eigenvalue weighted by Gasteiger charge is 2.33. The van der Waals surface area contributed by atoms with Crippen LogP contribution in [0.4, 0.5) is 0 Å². The van der Waals surface area contributed by atoms with Crippen molar-refractivity contribution in [1.82, 2.24) is 10.1 Å². The fourth-order valence-electron chi connectivity index (χ4n) is 2.28. The molecule has 2 saturated heterocycles. The van der Waals surface area contributed by atoms with E-state index in [1.165, 1.54) is 21.6 Å². The molecule has 0 spiro atoms. The molecule has 0 N–H and O–H groups in total. The molecule has 10 nitrogen and oxygen atoms in total. The summed E-state index contributed by atoms with van der Waals surface area (Å²) in [7, 11) is 3.03. The smallest absolute Gasteiger partial charge is 0.330 e. The Morgan fingerprint density at radius 1 is 0.679 bits per heavy atom. The molecule has 0 saturated carbocycles. The van der Waals surface area contributed by atoms with Crippen LogP contribution >= 0.6 is 21.6 Å². The van der Waals surface area contributed by atoms with Gasteiger partial charge in [0.25, 0.3) is 23.6 Å². The zero-order valence-electron chi connectivity index (χ0n) is 15.0. The Morgan fingerprint density at radius 3 is 1.32 bits per heavy atom. The predicted molar refractivity (Wildman–Crippen MR) is 97.7 cm³/mol. The van der Waals surface area contributed by atoms with Crippen molar-refractivity contribution < 1.29 is 38.4 Å². The molecule has 0 aromatic heterocycles. The van der Waals surface area contributed by atoms with Crippen LogP contribution in [0.5, 0.6) is 0 Å². The largest absolute Gasteiger partial charge is 0.333 e. The third-order valence-electron chi connectivity index (χ3n) is 3.70. The van der Waals surface area contributed by atoms with Crippen LogP contribution in [0.25, 0.3) is 0 Å². The van der Waals surface area contributed by atoms with Crippen LogP contribution in [0.3, 0.4) is 0 Å². The van der Waals surface area contributed by atoms with Gasteiger partial charge in [0.05, 0.1) is 0 Å². The minimum Gasteiger partial charge on any atom is -0.330 e. The molecule has 2 heterocycles. The second kappa shape index (κ2) is 11.1. The third kappa shape index (κ3) is 6.82. The van der Waals surface area contributed by atoms with Gasteiger partial charge in [-0.1, -0.05) is 21.6 Å². The fraction of sp³-hybridized carbons (Fsp3) is 0.625. The van der Waals surface area contributed by atoms with E-state index in [1.54, 1.807) is 0 Å². The molecule has 0 atom stereocenters. The van der Waals surface area contributed by atoms with E-state index < -0.39 is 35.6 Å². The molecule has 28 heavy (non-hydrogen) atoms. The van der Waals surface area contributed by atoms with Crippen LogP contribution in [-0.4, -0.2) is 57.2 Å². The summed E-state index contributed by atoms with van der Waals surface area (Å²) < 4.78 is 0. The number of imide groups is 2. The van der Waals surface area contributed by atoms with Crippen molar-refractivity contribution in [2.24, 2.45) is 0 Å². The highest BCUT2D eigenvalue weighted by Crippen LogP contribution is 2.24. The normalized spacial score (nSPS) is 16.9. The summed E-state index contributed by atoms with van der Waals surface area (Å²) in [5.41, 5.74) is 0. The molecule has 154 valence electrons. The van der Waals surface area contributed by atoms with E-state index in [2.05, 4.69) is 0 Å². The maximum atomic E-state index is 11.6. The Labute approximate surface area is 168 Å². The van der Waals surface area contributed by atoms with Gasteiger partial charge < -0.3 is 9.68 Å². The molecule has 12 heteroatoms. The van der Waals surface area contributed by atoms with Crippen molar-refractivity contribution in [1.29, 1.82) is 0 Å². The van der Waals surface area contributed by atoms with Crippen molar-refractivity contribution in [2.45, 2.75) is 51.4 Å². The van der Waals surface area contributed by atoms with E-state index in [0.29, 0.717) is 34.5 Å². The Hall–Kier alpha value is -2.08. The summed E-state index contributed by atoms with van der Waals surface area (Å²) in [6, 6.07) is 0. The number of rotatable bonds is 11. The molecule has 0 aromatic carbocycles. The van der Waals surface area contributed by atoms with E-state index in [4.69, 9.17) is 9.68 Å². The van der Waals surface area contributed by atoms with E-state index in [9.17, 15) is 28.8 Å². The molecule has 4 amide bonds. The molecule has 2 aliphatic rings. The SMILES string of the molecule is O=C(CCCSSCCCC(=O)ON1C(=O)CCC1=O)ON1C(=O)CCC1=O. The van der Waals surface area contributed by atoms with Gasteiger partial charge in [-0.15, -0.1) is 10.1 Å². The fourth-order valence-corrected chi connectivity index (χ4v) is 4.45. The van der Waals surface area contributed by atoms with Gasteiger partial charge in [-0.2, -0.15) is 0 Å². The quantitative estimate of drug-likeness (QED) is 0.266. The number of amides is 4. The molecule has 0 bridgehead atoms. The molecule has 0 unspecified atom stereocenters. The van der Waals surface area contributed by atoms with Gasteiger partial charge in [-0.25, -0.2) is 9.59 Å². The van der Waals surface area contributed by atoms with Crippen LogP contribution in [0, 0.1) is 0 Å². The molecular weight excluding hydrogens is 412 g/mol. The van der Waals surface area contributed by atoms with E-state index in [1.807, 2.05) is 0 Å². The summed E-state index contributed by atoms with van der Waals surface area (Å²) in [6.45, 7) is 0. The lowest BCUT2D eigenvalue weighted by atomic mass is 10.3. The molecular formula is C16H20N2O8S2. The summed E-state index contributed by atoms with van der Waals surface area (Å²) in [5, 5.41) is 1.07. The summed E-state index contributed by atoms with van der Waals surface area (Å²) >= 11 is 0. The lowest BCUT2D eigenvalue weighted by molar-refractivity contribution is -0.197. The lowest BCUT2D eigenvalue weighted by Gasteiger charge is -2.12. The van der Waals surface area contributed by atoms with Crippen LogP contribution in [0.2, 0.25) is 0 Å². The van der Waals surface area contributed by atoms with Crippen molar-refractivity contribution in [3.05, 3.63) is 0 Å². The maximum absolute atomic E-state index is 11.6. The van der Waals surface area contributed by atoms with Gasteiger partial charge in [0.1, 0.15) is 0 Å². The van der Waals surface area contributed by atoms with Crippen LogP contribution in [0.15, 0.2) is 0 Å². The van der Waals surface area contributed by atoms with Gasteiger partial charge in [-0.05, 0) is 12.8 Å². The molecule has 2 aliphatic heterocycles. The van der Waals surface area contributed by atoms with Crippen molar-refractivity contribution >= 4 is 57.2 Å². The summed E-state index contributed by atoms with van der Waals surface area (Å²) in [5.74, 6) is -1.93. The number of hydrogen-bond acceptors (Lipinski definition) is 10. The van der Waals surface area contributed by atoms with E-state index in [-0.39, 0.29) is 38.5 Å². The second-order valence-electron chi connectivity index (χ2n) is 5.94. The van der Waals surface area contributed by atoms with E-state index >= 15 is 0 Å². The topological polar surface area (TPSA) is 127 Å². The van der Waals surface area contributed by atoms with E-state index in [0.717, 1.165) is 0 Å². The third-order valence-corrected chi connectivity index (χ3v) is 6.28. The monoisotopic (exact) mass is 432 g/mol. The zero-order valence-corrected chi connectivity index (χ0v) is 16.7. The van der Waals surface area contributed by atoms with Crippen LogP contribution < -0.4 is 0 Å². The Bertz CT molecular complexity index is 581. The first-order valence-corrected chi connectivity index (χ1v) is 11.2. The average molecular weight is 432 g/mol. The highest BCUT2D eigenvalue weighted by atomic mass is 33.1. The molecule has 0 radical (unpaired) electrons. The number of carbonyl (C=O) groups excluding carboxylic acids is 6. The van der Waals surface area contributed by atoms with Gasteiger partial charge in [0.2, 0.25) is 0 Å². The first-order chi connectivity index (χ1) is 13.4. The molecule has 0 aromatic rings. The highest BCUT2D eigenvalue weighted by molar-refractivity contribution is 8.76. The first kappa shape index (κ1) is 22.2. The standard InChI is InChI=1S/C16H20N2O8S2/c19-11-5-6-12(20)17(11)25-15(23)3-1-9-27-28-10-2-4-16(24)26-18-13(21)7-8-14(18)22/h1-10H2. The van der Waals surface area contributed by atoms with Crippen molar-refractivity contribution in [3.8, 4) is 0 Å². The van der Waals surface area contributed by atoms with Crippen molar-refractivity contribution in [3.63, 3.8) is 0 Å². The van der Waals surface area contributed by atoms with Gasteiger partial charge in [0, 0.05) is 50.0 Å². The zero-order chi connectivity index (χ0) is 20.5. The summed E-state index contributed by atoms with van der Waals surface area (Å²) in [4.78, 5) is 78.0. The second-order valence-corrected chi connectivity index (χ2v) is 8.64. The Balaban J connectivity index is 1.45. The number of nitrogens with zero attached hydrogens (tertiary/aromatic N) is 2. The molecule has 2 fully saturated rings. The first-order valence-electron chi connectivity index (χ1n) is 8.76. The van der Waals surface area contributed by atoms with Crippen molar-refractivity contribution in [2.75, 3.05) is 11.5 Å². The lowest BCUT2D eigenvalue weighted by Crippen LogP contribution is -2.32. The van der Waals surface area contributed by atoms with Crippen LogP contribution in [0.1, 0.15) is 51.4 Å². The van der Waals surface area contributed by atoms with Gasteiger partial charge in [0.15, 0.2) is 0 Å². The van der Waals surface area contributed by atoms with Crippen LogP contribution in [-0.2, 0) is 38.4 Å². The Kier molecular flexibility index (Phi) is 8.77.